The van der Waals surface area contributed by atoms with Gasteiger partial charge in [0.25, 0.3) is 15.9 Å². The van der Waals surface area contributed by atoms with E-state index in [0.29, 0.717) is 0 Å². The molecule has 9 nitrogen and oxygen atoms in total. The van der Waals surface area contributed by atoms with Crippen molar-refractivity contribution in [1.82, 2.24) is 9.62 Å². The molecule has 0 bridgehead atoms. The zero-order valence-corrected chi connectivity index (χ0v) is 12.8. The van der Waals surface area contributed by atoms with E-state index in [1.54, 1.807) is 0 Å². The number of ether oxygens (including phenoxy) is 1. The smallest absolute Gasteiger partial charge is 0.334 e. The normalized spacial score (nSPS) is 19.2. The Kier molecular flexibility index (Phi) is 4.54. The van der Waals surface area contributed by atoms with Crippen LogP contribution in [0.5, 0.6) is 0 Å². The van der Waals surface area contributed by atoms with Crippen molar-refractivity contribution in [2.75, 3.05) is 26.7 Å². The fourth-order valence-electron chi connectivity index (χ4n) is 2.05. The number of carboxylic acid groups (broad SMARTS) is 1. The zero-order chi connectivity index (χ0) is 16.5. The van der Waals surface area contributed by atoms with Gasteiger partial charge < -0.3 is 19.2 Å². The molecule has 0 spiro atoms. The molecule has 2 heterocycles. The summed E-state index contributed by atoms with van der Waals surface area (Å²) in [6.07, 6.45) is -1.09. The summed E-state index contributed by atoms with van der Waals surface area (Å²) in [7, 11) is -2.56. The van der Waals surface area contributed by atoms with Crippen LogP contribution in [0.15, 0.2) is 15.6 Å². The number of morpholine rings is 1. The molecular weight excluding hydrogens is 316 g/mol. The van der Waals surface area contributed by atoms with Crippen molar-refractivity contribution in [3.63, 3.8) is 0 Å². The van der Waals surface area contributed by atoms with Crippen LogP contribution in [0.3, 0.4) is 0 Å². The number of rotatable bonds is 4. The average Bonchev–Trinajstić information content (AvgIpc) is 2.89. The molecule has 1 amide bonds. The van der Waals surface area contributed by atoms with Crippen molar-refractivity contribution >= 4 is 21.9 Å². The van der Waals surface area contributed by atoms with Gasteiger partial charge in [0.2, 0.25) is 5.09 Å². The van der Waals surface area contributed by atoms with Crippen LogP contribution < -0.4 is 4.72 Å². The van der Waals surface area contributed by atoms with Gasteiger partial charge in [-0.15, -0.1) is 0 Å². The van der Waals surface area contributed by atoms with Gasteiger partial charge in [0, 0.05) is 12.6 Å². The topological polar surface area (TPSA) is 126 Å². The van der Waals surface area contributed by atoms with Crippen LogP contribution in [0.4, 0.5) is 0 Å². The average molecular weight is 332 g/mol. The maximum atomic E-state index is 12.4. The Morgan fingerprint density at radius 3 is 2.73 bits per heavy atom. The van der Waals surface area contributed by atoms with E-state index in [9.17, 15) is 18.0 Å². The van der Waals surface area contributed by atoms with Gasteiger partial charge in [0.05, 0.1) is 18.7 Å². The Labute approximate surface area is 126 Å². The van der Waals surface area contributed by atoms with E-state index in [1.807, 2.05) is 0 Å². The Bertz CT molecular complexity index is 694. The molecule has 0 aliphatic carbocycles. The molecule has 1 atom stereocenters. The molecule has 10 heteroatoms. The third-order valence-electron chi connectivity index (χ3n) is 3.29. The maximum absolute atomic E-state index is 12.4. The van der Waals surface area contributed by atoms with Crippen LogP contribution in [-0.2, 0) is 19.6 Å². The van der Waals surface area contributed by atoms with Crippen molar-refractivity contribution in [2.24, 2.45) is 0 Å². The number of nitrogens with one attached hydrogen (secondary N) is 1. The minimum atomic E-state index is -3.79. The summed E-state index contributed by atoms with van der Waals surface area (Å²) in [5, 5.41) is 8.57. The van der Waals surface area contributed by atoms with Gasteiger partial charge >= 0.3 is 5.97 Å². The van der Waals surface area contributed by atoms with Crippen LogP contribution >= 0.6 is 0 Å². The van der Waals surface area contributed by atoms with Gasteiger partial charge in [-0.2, -0.15) is 0 Å². The first kappa shape index (κ1) is 16.5. The van der Waals surface area contributed by atoms with Crippen molar-refractivity contribution < 1.29 is 32.3 Å². The van der Waals surface area contributed by atoms with E-state index >= 15 is 0 Å². The number of amides is 1. The van der Waals surface area contributed by atoms with Gasteiger partial charge in [-0.25, -0.2) is 17.9 Å². The Hall–Kier alpha value is -1.91. The van der Waals surface area contributed by atoms with E-state index in [0.717, 1.165) is 6.07 Å². The largest absolute Gasteiger partial charge is 0.479 e. The van der Waals surface area contributed by atoms with Gasteiger partial charge in [-0.1, -0.05) is 0 Å². The SMILES string of the molecule is CNS(=O)(=O)c1cc(C(=O)N2CCOC(C(=O)O)C2)c(C)o1. The first-order chi connectivity index (χ1) is 10.3. The van der Waals surface area contributed by atoms with E-state index in [1.165, 1.54) is 18.9 Å². The Morgan fingerprint density at radius 1 is 1.45 bits per heavy atom. The van der Waals surface area contributed by atoms with Crippen molar-refractivity contribution in [3.05, 3.63) is 17.4 Å². The number of carboxylic acids is 1. The predicted molar refractivity (Wildman–Crippen MR) is 73.0 cm³/mol. The summed E-state index contributed by atoms with van der Waals surface area (Å²) < 4.78 is 35.6. The van der Waals surface area contributed by atoms with Gasteiger partial charge in [-0.3, -0.25) is 4.79 Å². The highest BCUT2D eigenvalue weighted by atomic mass is 32.2. The second kappa shape index (κ2) is 6.07. The molecule has 1 aromatic heterocycles. The maximum Gasteiger partial charge on any atom is 0.334 e. The molecule has 122 valence electrons. The summed E-state index contributed by atoms with van der Waals surface area (Å²) in [5.41, 5.74) is 0.0832. The minimum Gasteiger partial charge on any atom is -0.479 e. The van der Waals surface area contributed by atoms with E-state index < -0.39 is 28.0 Å². The lowest BCUT2D eigenvalue weighted by Gasteiger charge is -2.30. The van der Waals surface area contributed by atoms with E-state index in [-0.39, 0.29) is 36.1 Å². The van der Waals surface area contributed by atoms with Crippen LogP contribution in [0, 0.1) is 6.92 Å². The fourth-order valence-corrected chi connectivity index (χ4v) is 2.76. The molecule has 0 saturated carbocycles. The van der Waals surface area contributed by atoms with E-state index in [2.05, 4.69) is 4.72 Å². The third kappa shape index (κ3) is 3.13. The number of hydrogen-bond acceptors (Lipinski definition) is 6. The molecule has 22 heavy (non-hydrogen) atoms. The Balaban J connectivity index is 2.25. The van der Waals surface area contributed by atoms with Gasteiger partial charge in [0.1, 0.15) is 5.76 Å². The molecule has 2 rings (SSSR count). The number of sulfonamides is 1. The molecule has 0 radical (unpaired) electrons. The summed E-state index contributed by atoms with van der Waals surface area (Å²) in [6, 6.07) is 1.13. The number of carbonyl (C=O) groups is 2. The number of furan rings is 1. The predicted octanol–water partition coefficient (Wildman–Crippen LogP) is -0.578. The standard InChI is InChI=1S/C12H16N2O7S/c1-7-8(5-10(21-7)22(18,19)13-2)11(15)14-3-4-20-9(6-14)12(16)17/h5,9,13H,3-4,6H2,1-2H3,(H,16,17). The lowest BCUT2D eigenvalue weighted by atomic mass is 10.2. The number of nitrogens with zero attached hydrogens (tertiary/aromatic N) is 1. The first-order valence-electron chi connectivity index (χ1n) is 6.44. The molecule has 1 saturated heterocycles. The van der Waals surface area contributed by atoms with Crippen LogP contribution in [0.2, 0.25) is 0 Å². The number of aryl methyl sites for hydroxylation is 1. The third-order valence-corrected chi connectivity index (χ3v) is 4.56. The second-order valence-corrected chi connectivity index (χ2v) is 6.51. The van der Waals surface area contributed by atoms with Gasteiger partial charge in [0.15, 0.2) is 6.10 Å². The highest BCUT2D eigenvalue weighted by Gasteiger charge is 2.32. The molecule has 1 aromatic rings. The quantitative estimate of drug-likeness (QED) is 0.755. The molecule has 1 unspecified atom stereocenters. The molecule has 1 aliphatic heterocycles. The molecule has 1 fully saturated rings. The summed E-state index contributed by atoms with van der Waals surface area (Å²) in [5.74, 6) is -1.49. The summed E-state index contributed by atoms with van der Waals surface area (Å²) >= 11 is 0. The van der Waals surface area contributed by atoms with Crippen molar-refractivity contribution in [2.45, 2.75) is 18.1 Å². The van der Waals surface area contributed by atoms with Gasteiger partial charge in [-0.05, 0) is 14.0 Å². The second-order valence-electron chi connectivity index (χ2n) is 4.69. The summed E-state index contributed by atoms with van der Waals surface area (Å²) in [6.45, 7) is 1.69. The monoisotopic (exact) mass is 332 g/mol. The fraction of sp³-hybridized carbons (Fsp3) is 0.500. The van der Waals surface area contributed by atoms with Crippen molar-refractivity contribution in [3.8, 4) is 0 Å². The summed E-state index contributed by atoms with van der Waals surface area (Å²) in [4.78, 5) is 24.7. The molecular formula is C12H16N2O7S. The minimum absolute atomic E-state index is 0.0832. The zero-order valence-electron chi connectivity index (χ0n) is 12.0. The van der Waals surface area contributed by atoms with E-state index in [4.69, 9.17) is 14.3 Å². The van der Waals surface area contributed by atoms with Crippen LogP contribution in [0.1, 0.15) is 16.1 Å². The number of aliphatic carboxylic acids is 1. The highest BCUT2D eigenvalue weighted by molar-refractivity contribution is 7.89. The van der Waals surface area contributed by atoms with Crippen LogP contribution in [0.25, 0.3) is 0 Å². The molecule has 0 aromatic carbocycles. The molecule has 1 aliphatic rings. The number of carbonyl (C=O) groups excluding carboxylic acids is 1. The van der Waals surface area contributed by atoms with Crippen LogP contribution in [-0.4, -0.2) is 63.1 Å². The first-order valence-corrected chi connectivity index (χ1v) is 7.92. The number of hydrogen-bond donors (Lipinski definition) is 2. The van der Waals surface area contributed by atoms with Crippen molar-refractivity contribution in [1.29, 1.82) is 0 Å². The highest BCUT2D eigenvalue weighted by Crippen LogP contribution is 2.21. The lowest BCUT2D eigenvalue weighted by molar-refractivity contribution is -0.154. The Morgan fingerprint density at radius 2 is 2.14 bits per heavy atom. The lowest BCUT2D eigenvalue weighted by Crippen LogP contribution is -2.48. The molecule has 2 N–H and O–H groups in total.